The van der Waals surface area contributed by atoms with Gasteiger partial charge in [-0.3, -0.25) is 4.79 Å². The average molecular weight is 283 g/mol. The number of carboxylic acid groups (broad SMARTS) is 1. The molecule has 1 aliphatic carbocycles. The molecule has 20 heavy (non-hydrogen) atoms. The van der Waals surface area contributed by atoms with Crippen molar-refractivity contribution in [1.29, 1.82) is 0 Å². The van der Waals surface area contributed by atoms with Gasteiger partial charge < -0.3 is 15.2 Å². The van der Waals surface area contributed by atoms with Crippen LogP contribution < -0.4 is 5.32 Å². The molecule has 0 aromatic heterocycles. The second-order valence-electron chi connectivity index (χ2n) is 6.16. The number of amides is 1. The van der Waals surface area contributed by atoms with Gasteiger partial charge >= 0.3 is 5.97 Å². The molecule has 1 saturated heterocycles. The number of hydrogen-bond donors (Lipinski definition) is 2. The zero-order valence-corrected chi connectivity index (χ0v) is 12.2. The highest BCUT2D eigenvalue weighted by Gasteiger charge is 2.46. The summed E-state index contributed by atoms with van der Waals surface area (Å²) in [5, 5.41) is 12.4. The molecule has 0 aromatic carbocycles. The van der Waals surface area contributed by atoms with Crippen LogP contribution in [-0.4, -0.2) is 35.2 Å². The summed E-state index contributed by atoms with van der Waals surface area (Å²) >= 11 is 0. The molecule has 1 aliphatic heterocycles. The minimum absolute atomic E-state index is 0.0232. The molecule has 0 spiro atoms. The summed E-state index contributed by atoms with van der Waals surface area (Å²) in [7, 11) is 0. The van der Waals surface area contributed by atoms with Gasteiger partial charge in [-0.2, -0.15) is 0 Å². The molecule has 0 aromatic rings. The second-order valence-corrected chi connectivity index (χ2v) is 6.16. The van der Waals surface area contributed by atoms with E-state index in [4.69, 9.17) is 4.74 Å². The van der Waals surface area contributed by atoms with Crippen LogP contribution in [0.2, 0.25) is 0 Å². The minimum atomic E-state index is -1.08. The zero-order valence-electron chi connectivity index (χ0n) is 12.2. The van der Waals surface area contributed by atoms with Crippen LogP contribution in [0.15, 0.2) is 0 Å². The van der Waals surface area contributed by atoms with Crippen molar-refractivity contribution in [2.45, 2.75) is 69.9 Å². The second kappa shape index (κ2) is 6.57. The Morgan fingerprint density at radius 2 is 2.00 bits per heavy atom. The smallest absolute Gasteiger partial charge is 0.329 e. The topological polar surface area (TPSA) is 75.6 Å². The molecule has 5 heteroatoms. The first-order valence-electron chi connectivity index (χ1n) is 7.70. The highest BCUT2D eigenvalue weighted by Crippen LogP contribution is 2.34. The van der Waals surface area contributed by atoms with Gasteiger partial charge in [-0.15, -0.1) is 0 Å². The van der Waals surface area contributed by atoms with Crippen molar-refractivity contribution in [3.8, 4) is 0 Å². The van der Waals surface area contributed by atoms with E-state index in [9.17, 15) is 14.7 Å². The molecular formula is C15H25NO4. The van der Waals surface area contributed by atoms with Crippen molar-refractivity contribution in [2.75, 3.05) is 6.61 Å². The number of hydrogen-bond acceptors (Lipinski definition) is 3. The van der Waals surface area contributed by atoms with Crippen LogP contribution in [0.4, 0.5) is 0 Å². The number of carboxylic acids is 1. The zero-order chi connectivity index (χ0) is 14.6. The molecule has 5 nitrogen and oxygen atoms in total. The van der Waals surface area contributed by atoms with Crippen LogP contribution in [0.25, 0.3) is 0 Å². The average Bonchev–Trinajstić information content (AvgIpc) is 2.42. The molecule has 1 saturated carbocycles. The molecule has 0 radical (unpaired) electrons. The monoisotopic (exact) mass is 283 g/mol. The number of carbonyl (C=O) groups excluding carboxylic acids is 1. The van der Waals surface area contributed by atoms with Gasteiger partial charge in [0.15, 0.2) is 0 Å². The van der Waals surface area contributed by atoms with Gasteiger partial charge in [0.1, 0.15) is 5.54 Å². The Balaban J connectivity index is 1.96. The molecule has 3 unspecified atom stereocenters. The highest BCUT2D eigenvalue weighted by atomic mass is 16.5. The van der Waals surface area contributed by atoms with Crippen molar-refractivity contribution >= 4 is 11.9 Å². The maximum absolute atomic E-state index is 12.2. The lowest BCUT2D eigenvalue weighted by Crippen LogP contribution is -2.60. The quantitative estimate of drug-likeness (QED) is 0.828. The van der Waals surface area contributed by atoms with E-state index in [1.807, 2.05) is 6.92 Å². The third-order valence-electron chi connectivity index (χ3n) is 4.73. The summed E-state index contributed by atoms with van der Waals surface area (Å²) in [6, 6.07) is 0. The first-order chi connectivity index (χ1) is 9.54. The fourth-order valence-electron chi connectivity index (χ4n) is 3.38. The normalized spacial score (nSPS) is 34.5. The molecular weight excluding hydrogens is 258 g/mol. The van der Waals surface area contributed by atoms with E-state index in [1.54, 1.807) is 0 Å². The Morgan fingerprint density at radius 3 is 2.60 bits per heavy atom. The fourth-order valence-corrected chi connectivity index (χ4v) is 3.38. The van der Waals surface area contributed by atoms with Gasteiger partial charge in [-0.1, -0.05) is 19.8 Å². The molecule has 1 amide bonds. The predicted molar refractivity (Wildman–Crippen MR) is 74.3 cm³/mol. The van der Waals surface area contributed by atoms with Crippen molar-refractivity contribution in [3.63, 3.8) is 0 Å². The van der Waals surface area contributed by atoms with Crippen LogP contribution in [0, 0.1) is 5.92 Å². The molecule has 1 heterocycles. The molecule has 2 rings (SSSR count). The fraction of sp³-hybridized carbons (Fsp3) is 0.867. The number of nitrogens with one attached hydrogen (secondary N) is 1. The summed E-state index contributed by atoms with van der Waals surface area (Å²) in [4.78, 5) is 23.8. The Labute approximate surface area is 120 Å². The predicted octanol–water partition coefficient (Wildman–Crippen LogP) is 2.10. The van der Waals surface area contributed by atoms with Gasteiger partial charge in [0.25, 0.3) is 0 Å². The maximum atomic E-state index is 12.2. The number of carbonyl (C=O) groups is 2. The number of aliphatic carboxylic acids is 1. The minimum Gasteiger partial charge on any atom is -0.479 e. The molecule has 2 fully saturated rings. The van der Waals surface area contributed by atoms with Gasteiger partial charge in [-0.05, 0) is 38.0 Å². The summed E-state index contributed by atoms with van der Waals surface area (Å²) < 4.78 is 5.55. The van der Waals surface area contributed by atoms with Crippen molar-refractivity contribution in [1.82, 2.24) is 5.32 Å². The summed E-state index contributed by atoms with van der Waals surface area (Å²) in [5.41, 5.74) is -1.08. The lowest BCUT2D eigenvalue weighted by atomic mass is 9.73. The Morgan fingerprint density at radius 1 is 1.25 bits per heavy atom. The van der Waals surface area contributed by atoms with E-state index in [2.05, 4.69) is 5.32 Å². The number of ether oxygens (including phenoxy) is 1. The van der Waals surface area contributed by atoms with E-state index in [1.165, 1.54) is 0 Å². The van der Waals surface area contributed by atoms with Crippen LogP contribution in [0.1, 0.15) is 58.3 Å². The largest absolute Gasteiger partial charge is 0.479 e. The van der Waals surface area contributed by atoms with Crippen molar-refractivity contribution in [2.24, 2.45) is 5.92 Å². The van der Waals surface area contributed by atoms with Crippen LogP contribution >= 0.6 is 0 Å². The van der Waals surface area contributed by atoms with Crippen molar-refractivity contribution < 1.29 is 19.4 Å². The molecule has 2 N–H and O–H groups in total. The first-order valence-corrected chi connectivity index (χ1v) is 7.70. The standard InChI is InChI=1S/C15H25NO4/c1-11-6-2-4-8-15(11,14(18)19)16-13(17)10-12-7-3-5-9-20-12/h11-12H,2-10H2,1H3,(H,16,17)(H,18,19). The van der Waals surface area contributed by atoms with E-state index in [0.29, 0.717) is 13.0 Å². The Kier molecular flexibility index (Phi) is 5.02. The van der Waals surface area contributed by atoms with Gasteiger partial charge in [0.2, 0.25) is 5.91 Å². The van der Waals surface area contributed by atoms with E-state index < -0.39 is 11.5 Å². The SMILES string of the molecule is CC1CCCCC1(NC(=O)CC1CCCCO1)C(=O)O. The molecule has 2 aliphatic rings. The van der Waals surface area contributed by atoms with Gasteiger partial charge in [-0.25, -0.2) is 4.79 Å². The Hall–Kier alpha value is -1.10. The van der Waals surface area contributed by atoms with E-state index in [-0.39, 0.29) is 24.3 Å². The highest BCUT2D eigenvalue weighted by molar-refractivity contribution is 5.87. The lowest BCUT2D eigenvalue weighted by molar-refractivity contribution is -0.152. The third kappa shape index (κ3) is 3.32. The molecule has 114 valence electrons. The molecule has 0 bridgehead atoms. The van der Waals surface area contributed by atoms with Crippen molar-refractivity contribution in [3.05, 3.63) is 0 Å². The molecule has 3 atom stereocenters. The summed E-state index contributed by atoms with van der Waals surface area (Å²) in [6.45, 7) is 2.63. The van der Waals surface area contributed by atoms with Crippen LogP contribution in [-0.2, 0) is 14.3 Å². The maximum Gasteiger partial charge on any atom is 0.329 e. The van der Waals surface area contributed by atoms with Gasteiger partial charge in [0.05, 0.1) is 12.5 Å². The first kappa shape index (κ1) is 15.3. The summed E-state index contributed by atoms with van der Waals surface area (Å²) in [6.07, 6.45) is 6.54. The van der Waals surface area contributed by atoms with E-state index in [0.717, 1.165) is 38.5 Å². The van der Waals surface area contributed by atoms with Gasteiger partial charge in [0, 0.05) is 6.61 Å². The Bertz CT molecular complexity index is 365. The van der Waals surface area contributed by atoms with Crippen LogP contribution in [0.5, 0.6) is 0 Å². The van der Waals surface area contributed by atoms with Crippen LogP contribution in [0.3, 0.4) is 0 Å². The van der Waals surface area contributed by atoms with E-state index >= 15 is 0 Å². The lowest BCUT2D eigenvalue weighted by Gasteiger charge is -2.40. The summed E-state index contributed by atoms with van der Waals surface area (Å²) in [5.74, 6) is -1.11. The third-order valence-corrected chi connectivity index (χ3v) is 4.73. The number of rotatable bonds is 4.